The quantitative estimate of drug-likeness (QED) is 0.742. The van der Waals surface area contributed by atoms with Crippen LogP contribution in [-0.4, -0.2) is 52.0 Å². The van der Waals surface area contributed by atoms with Crippen LogP contribution in [0.2, 0.25) is 0 Å². The maximum Gasteiger partial charge on any atom is 0.286 e. The monoisotopic (exact) mass is 441 g/mol. The van der Waals surface area contributed by atoms with Gasteiger partial charge in [-0.05, 0) is 37.8 Å². The third kappa shape index (κ3) is 5.46. The Morgan fingerprint density at radius 3 is 2.45 bits per heavy atom. The molecule has 2 fully saturated rings. The van der Waals surface area contributed by atoms with Crippen LogP contribution < -0.4 is 10.6 Å². The zero-order valence-electron chi connectivity index (χ0n) is 17.4. The fourth-order valence-corrected chi connectivity index (χ4v) is 4.89. The molecule has 2 aliphatic rings. The van der Waals surface area contributed by atoms with E-state index in [9.17, 15) is 14.4 Å². The lowest BCUT2D eigenvalue weighted by Gasteiger charge is -2.33. The normalized spacial score (nSPS) is 19.6. The fraction of sp³-hybridized carbons (Fsp3) is 0.500. The van der Waals surface area contributed by atoms with Gasteiger partial charge in [-0.3, -0.25) is 14.4 Å². The highest BCUT2D eigenvalue weighted by molar-refractivity contribution is 7.15. The van der Waals surface area contributed by atoms with Crippen molar-refractivity contribution in [3.05, 3.63) is 40.3 Å². The number of carbonyl (C=O) groups excluding carboxylic acids is 3. The summed E-state index contributed by atoms with van der Waals surface area (Å²) in [6.07, 6.45) is 7.21. The molecule has 1 aliphatic heterocycles. The minimum Gasteiger partial charge on any atom is -0.353 e. The van der Waals surface area contributed by atoms with Crippen LogP contribution in [0.4, 0.5) is 5.69 Å². The molecule has 0 spiro atoms. The van der Waals surface area contributed by atoms with Crippen molar-refractivity contribution in [2.75, 3.05) is 18.4 Å². The second-order valence-electron chi connectivity index (χ2n) is 8.17. The molecule has 4 rings (SSSR count). The van der Waals surface area contributed by atoms with E-state index < -0.39 is 5.91 Å². The molecule has 1 aromatic heterocycles. The summed E-state index contributed by atoms with van der Waals surface area (Å²) >= 11 is 0.974. The van der Waals surface area contributed by atoms with Crippen LogP contribution in [0, 0.1) is 5.92 Å². The summed E-state index contributed by atoms with van der Waals surface area (Å²) in [6, 6.07) is 9.32. The van der Waals surface area contributed by atoms with Gasteiger partial charge in [-0.25, -0.2) is 0 Å². The Labute approximate surface area is 185 Å². The van der Waals surface area contributed by atoms with E-state index in [1.165, 1.54) is 6.42 Å². The molecule has 1 atom stereocenters. The average molecular weight is 442 g/mol. The second kappa shape index (κ2) is 10.00. The Morgan fingerprint density at radius 1 is 0.935 bits per heavy atom. The first-order chi connectivity index (χ1) is 15.1. The lowest BCUT2D eigenvalue weighted by molar-refractivity contribution is -0.127. The summed E-state index contributed by atoms with van der Waals surface area (Å²) in [7, 11) is 0. The van der Waals surface area contributed by atoms with Gasteiger partial charge in [0.15, 0.2) is 0 Å². The Hall–Kier alpha value is -2.81. The van der Waals surface area contributed by atoms with Gasteiger partial charge in [-0.15, -0.1) is 10.2 Å². The number of para-hydroxylation sites is 1. The van der Waals surface area contributed by atoms with Gasteiger partial charge in [0.1, 0.15) is 0 Å². The van der Waals surface area contributed by atoms with Gasteiger partial charge in [-0.2, -0.15) is 0 Å². The minimum absolute atomic E-state index is 0.0459. The molecule has 2 heterocycles. The van der Waals surface area contributed by atoms with Crippen LogP contribution in [0.1, 0.15) is 64.6 Å². The Bertz CT molecular complexity index is 926. The summed E-state index contributed by atoms with van der Waals surface area (Å²) < 4.78 is 0. The van der Waals surface area contributed by atoms with Crippen LogP contribution >= 0.6 is 11.3 Å². The van der Waals surface area contributed by atoms with E-state index in [0.717, 1.165) is 49.9 Å². The van der Waals surface area contributed by atoms with Gasteiger partial charge in [0, 0.05) is 24.8 Å². The summed E-state index contributed by atoms with van der Waals surface area (Å²) in [6.45, 7) is 0.958. The van der Waals surface area contributed by atoms with E-state index in [4.69, 9.17) is 0 Å². The second-order valence-corrected chi connectivity index (χ2v) is 9.14. The number of hydrogen-bond acceptors (Lipinski definition) is 6. The van der Waals surface area contributed by atoms with Gasteiger partial charge < -0.3 is 15.5 Å². The molecule has 2 N–H and O–H groups in total. The number of aromatic nitrogens is 2. The maximum absolute atomic E-state index is 12.9. The molecule has 1 aliphatic carbocycles. The van der Waals surface area contributed by atoms with Crippen molar-refractivity contribution in [1.29, 1.82) is 0 Å². The van der Waals surface area contributed by atoms with Gasteiger partial charge in [0.05, 0.1) is 5.92 Å². The Kier molecular flexibility index (Phi) is 6.91. The molecule has 9 heteroatoms. The number of rotatable bonds is 5. The number of likely N-dealkylation sites (tertiary alicyclic amines) is 1. The van der Waals surface area contributed by atoms with E-state index in [2.05, 4.69) is 20.8 Å². The van der Waals surface area contributed by atoms with Gasteiger partial charge in [-0.1, -0.05) is 48.8 Å². The number of anilines is 1. The molecule has 31 heavy (non-hydrogen) atoms. The van der Waals surface area contributed by atoms with Crippen molar-refractivity contribution in [2.45, 2.75) is 51.0 Å². The molecule has 3 amide bonds. The number of nitrogens with one attached hydrogen (secondary N) is 2. The number of hydrogen-bond donors (Lipinski definition) is 2. The first-order valence-electron chi connectivity index (χ1n) is 10.9. The SMILES string of the molecule is O=C(Nc1ccccc1)c1nnc(C(=O)N2CCC[C@H](C(=O)NC3CCCCC3)C2)s1. The molecule has 164 valence electrons. The fourth-order valence-electron chi connectivity index (χ4n) is 4.18. The predicted octanol–water partition coefficient (Wildman–Crippen LogP) is 3.09. The first kappa shape index (κ1) is 21.4. The number of amides is 3. The average Bonchev–Trinajstić information content (AvgIpc) is 3.30. The van der Waals surface area contributed by atoms with Crippen molar-refractivity contribution < 1.29 is 14.4 Å². The van der Waals surface area contributed by atoms with Crippen LogP contribution in [0.5, 0.6) is 0 Å². The molecule has 1 saturated heterocycles. The van der Waals surface area contributed by atoms with E-state index in [0.29, 0.717) is 18.8 Å². The standard InChI is InChI=1S/C22H27N5O3S/c28-18(23-16-9-3-1-4-10-16)15-8-7-13-27(14-15)22(30)21-26-25-20(31-21)19(29)24-17-11-5-2-6-12-17/h2,5-6,11-12,15-16H,1,3-4,7-10,13-14H2,(H,23,28)(H,24,29)/t15-/m0/s1. The highest BCUT2D eigenvalue weighted by Crippen LogP contribution is 2.23. The Morgan fingerprint density at radius 2 is 1.68 bits per heavy atom. The van der Waals surface area contributed by atoms with Crippen molar-refractivity contribution in [3.63, 3.8) is 0 Å². The van der Waals surface area contributed by atoms with Crippen LogP contribution in [0.15, 0.2) is 30.3 Å². The third-order valence-electron chi connectivity index (χ3n) is 5.86. The molecule has 0 unspecified atom stereocenters. The van der Waals surface area contributed by atoms with E-state index in [1.807, 2.05) is 18.2 Å². The number of benzene rings is 1. The molecule has 0 bridgehead atoms. The van der Waals surface area contributed by atoms with Crippen molar-refractivity contribution in [1.82, 2.24) is 20.4 Å². The molecule has 0 radical (unpaired) electrons. The molecular formula is C22H27N5O3S. The minimum atomic E-state index is -0.397. The zero-order valence-corrected chi connectivity index (χ0v) is 18.2. The maximum atomic E-state index is 12.9. The smallest absolute Gasteiger partial charge is 0.286 e. The van der Waals surface area contributed by atoms with Gasteiger partial charge in [0.25, 0.3) is 11.8 Å². The third-order valence-corrected chi connectivity index (χ3v) is 6.77. The van der Waals surface area contributed by atoms with E-state index in [1.54, 1.807) is 17.0 Å². The molecule has 2 aromatic rings. The molecule has 1 aromatic carbocycles. The number of piperidine rings is 1. The summed E-state index contributed by atoms with van der Waals surface area (Å²) in [4.78, 5) is 39.7. The highest BCUT2D eigenvalue weighted by atomic mass is 32.1. The Balaban J connectivity index is 1.34. The van der Waals surface area contributed by atoms with Gasteiger partial charge in [0.2, 0.25) is 15.9 Å². The van der Waals surface area contributed by atoms with E-state index in [-0.39, 0.29) is 33.8 Å². The van der Waals surface area contributed by atoms with E-state index >= 15 is 0 Å². The summed E-state index contributed by atoms with van der Waals surface area (Å²) in [5, 5.41) is 14.0. The topological polar surface area (TPSA) is 104 Å². The lowest BCUT2D eigenvalue weighted by Crippen LogP contribution is -2.47. The van der Waals surface area contributed by atoms with Gasteiger partial charge >= 0.3 is 0 Å². The first-order valence-corrected chi connectivity index (χ1v) is 11.7. The van der Waals surface area contributed by atoms with Crippen LogP contribution in [0.3, 0.4) is 0 Å². The molecule has 1 saturated carbocycles. The van der Waals surface area contributed by atoms with Crippen molar-refractivity contribution in [3.8, 4) is 0 Å². The molecule has 8 nitrogen and oxygen atoms in total. The molecular weight excluding hydrogens is 414 g/mol. The summed E-state index contributed by atoms with van der Waals surface area (Å²) in [5.74, 6) is -0.824. The lowest BCUT2D eigenvalue weighted by atomic mass is 9.93. The number of nitrogens with zero attached hydrogens (tertiary/aromatic N) is 3. The van der Waals surface area contributed by atoms with Crippen molar-refractivity contribution in [2.24, 2.45) is 5.92 Å². The van der Waals surface area contributed by atoms with Crippen molar-refractivity contribution >= 4 is 34.7 Å². The largest absolute Gasteiger partial charge is 0.353 e. The van der Waals surface area contributed by atoms with Crippen LogP contribution in [-0.2, 0) is 4.79 Å². The predicted molar refractivity (Wildman–Crippen MR) is 118 cm³/mol. The van der Waals surface area contributed by atoms with Crippen LogP contribution in [0.25, 0.3) is 0 Å². The zero-order chi connectivity index (χ0) is 21.6. The number of carbonyl (C=O) groups is 3. The highest BCUT2D eigenvalue weighted by Gasteiger charge is 2.31. The summed E-state index contributed by atoms with van der Waals surface area (Å²) in [5.41, 5.74) is 0.651.